The van der Waals surface area contributed by atoms with Crippen LogP contribution in [0.15, 0.2) is 24.3 Å². The second-order valence-corrected chi connectivity index (χ2v) is 7.45. The summed E-state index contributed by atoms with van der Waals surface area (Å²) >= 11 is 1.47. The van der Waals surface area contributed by atoms with Gasteiger partial charge in [0.15, 0.2) is 6.10 Å². The number of fused-ring (bicyclic) bond motifs is 1. The quantitative estimate of drug-likeness (QED) is 0.774. The van der Waals surface area contributed by atoms with E-state index in [1.54, 1.807) is 13.8 Å². The van der Waals surface area contributed by atoms with Crippen LogP contribution < -0.4 is 10.1 Å². The molecule has 0 saturated carbocycles. The van der Waals surface area contributed by atoms with Crippen molar-refractivity contribution >= 4 is 28.2 Å². The van der Waals surface area contributed by atoms with E-state index in [0.717, 1.165) is 35.3 Å². The highest BCUT2D eigenvalue weighted by Crippen LogP contribution is 2.39. The fourth-order valence-corrected chi connectivity index (χ4v) is 4.35. The van der Waals surface area contributed by atoms with Crippen LogP contribution in [0.3, 0.4) is 0 Å². The summed E-state index contributed by atoms with van der Waals surface area (Å²) in [5, 5.41) is 3.44. The summed E-state index contributed by atoms with van der Waals surface area (Å²) in [7, 11) is 0. The fourth-order valence-electron chi connectivity index (χ4n) is 3.07. The molecule has 3 rings (SSSR count). The smallest absolute Gasteiger partial charge is 0.341 e. The van der Waals surface area contributed by atoms with Gasteiger partial charge in [-0.25, -0.2) is 4.79 Å². The van der Waals surface area contributed by atoms with Gasteiger partial charge in [-0.2, -0.15) is 0 Å². The number of hydrogen-bond acceptors (Lipinski definition) is 5. The Morgan fingerprint density at radius 1 is 1.31 bits per heavy atom. The monoisotopic (exact) mass is 373 g/mol. The number of ether oxygens (including phenoxy) is 2. The number of hydrogen-bond donors (Lipinski definition) is 1. The molecular formula is C20H23NO4S. The number of esters is 1. The van der Waals surface area contributed by atoms with E-state index in [1.807, 2.05) is 31.2 Å². The number of thiophene rings is 1. The predicted molar refractivity (Wildman–Crippen MR) is 102 cm³/mol. The molecule has 1 unspecified atom stereocenters. The summed E-state index contributed by atoms with van der Waals surface area (Å²) in [6.45, 7) is 5.75. The molecule has 2 aromatic rings. The summed E-state index contributed by atoms with van der Waals surface area (Å²) in [6, 6.07) is 7.56. The van der Waals surface area contributed by atoms with Crippen LogP contribution in [0.4, 0.5) is 5.00 Å². The molecule has 0 saturated heterocycles. The van der Waals surface area contributed by atoms with Gasteiger partial charge in [-0.15, -0.1) is 11.3 Å². The van der Waals surface area contributed by atoms with E-state index < -0.39 is 6.10 Å². The van der Waals surface area contributed by atoms with Crippen molar-refractivity contribution in [2.45, 2.75) is 46.1 Å². The minimum Gasteiger partial charge on any atom is -0.481 e. The first kappa shape index (κ1) is 18.5. The van der Waals surface area contributed by atoms with Crippen molar-refractivity contribution in [2.75, 3.05) is 11.9 Å². The zero-order valence-electron chi connectivity index (χ0n) is 15.3. The maximum Gasteiger partial charge on any atom is 0.341 e. The van der Waals surface area contributed by atoms with Gasteiger partial charge in [-0.3, -0.25) is 4.79 Å². The number of rotatable bonds is 6. The fraction of sp³-hybridized carbons (Fsp3) is 0.400. The molecule has 0 spiro atoms. The summed E-state index contributed by atoms with van der Waals surface area (Å²) in [5.74, 6) is -0.00151. The van der Waals surface area contributed by atoms with E-state index in [4.69, 9.17) is 9.47 Å². The number of amides is 1. The van der Waals surface area contributed by atoms with Crippen molar-refractivity contribution in [1.29, 1.82) is 0 Å². The molecule has 5 nitrogen and oxygen atoms in total. The Bertz CT molecular complexity index is 827. The molecule has 1 aliphatic carbocycles. The Hall–Kier alpha value is -2.34. The van der Waals surface area contributed by atoms with E-state index >= 15 is 0 Å². The number of carbonyl (C=O) groups is 2. The molecule has 138 valence electrons. The largest absolute Gasteiger partial charge is 0.481 e. The van der Waals surface area contributed by atoms with Gasteiger partial charge in [0.1, 0.15) is 10.8 Å². The van der Waals surface area contributed by atoms with Crippen molar-refractivity contribution < 1.29 is 19.1 Å². The maximum absolute atomic E-state index is 12.6. The second-order valence-electron chi connectivity index (χ2n) is 6.35. The molecule has 1 amide bonds. The SMILES string of the molecule is CCOC(=O)c1c(NC(=O)C(C)Oc2cccc(C)c2)sc2c1CCC2. The molecule has 1 aromatic heterocycles. The van der Waals surface area contributed by atoms with E-state index in [0.29, 0.717) is 22.9 Å². The Morgan fingerprint density at radius 3 is 2.85 bits per heavy atom. The second kappa shape index (κ2) is 7.91. The first-order valence-electron chi connectivity index (χ1n) is 8.85. The first-order valence-corrected chi connectivity index (χ1v) is 9.67. The predicted octanol–water partition coefficient (Wildman–Crippen LogP) is 4.13. The Labute approximate surface area is 157 Å². The third-order valence-electron chi connectivity index (χ3n) is 4.31. The van der Waals surface area contributed by atoms with Crippen molar-refractivity contribution in [2.24, 2.45) is 0 Å². The standard InChI is InChI=1S/C20H23NO4S/c1-4-24-20(23)17-15-9-6-10-16(15)26-19(17)21-18(22)13(3)25-14-8-5-7-12(2)11-14/h5,7-8,11,13H,4,6,9-10H2,1-3H3,(H,21,22). The summed E-state index contributed by atoms with van der Waals surface area (Å²) in [5.41, 5.74) is 2.60. The Morgan fingerprint density at radius 2 is 2.12 bits per heavy atom. The van der Waals surface area contributed by atoms with Crippen LogP contribution in [0, 0.1) is 6.92 Å². The van der Waals surface area contributed by atoms with Crippen molar-refractivity contribution in [3.63, 3.8) is 0 Å². The normalized spacial score (nSPS) is 13.8. The molecular weight excluding hydrogens is 350 g/mol. The van der Waals surface area contributed by atoms with Crippen LogP contribution in [0.5, 0.6) is 5.75 Å². The lowest BCUT2D eigenvalue weighted by molar-refractivity contribution is -0.122. The molecule has 0 aliphatic heterocycles. The van der Waals surface area contributed by atoms with Gasteiger partial charge >= 0.3 is 5.97 Å². The molecule has 1 aromatic carbocycles. The van der Waals surface area contributed by atoms with Gasteiger partial charge in [0, 0.05) is 4.88 Å². The van der Waals surface area contributed by atoms with Crippen molar-refractivity contribution in [3.8, 4) is 5.75 Å². The lowest BCUT2D eigenvalue weighted by atomic mass is 10.1. The van der Waals surface area contributed by atoms with Gasteiger partial charge in [-0.1, -0.05) is 12.1 Å². The van der Waals surface area contributed by atoms with Crippen LogP contribution in [-0.4, -0.2) is 24.6 Å². The average molecular weight is 373 g/mol. The Balaban J connectivity index is 1.75. The third kappa shape index (κ3) is 3.90. The summed E-state index contributed by atoms with van der Waals surface area (Å²) in [6.07, 6.45) is 2.15. The van der Waals surface area contributed by atoms with Crippen molar-refractivity contribution in [1.82, 2.24) is 0 Å². The lowest BCUT2D eigenvalue weighted by Crippen LogP contribution is -2.30. The molecule has 26 heavy (non-hydrogen) atoms. The zero-order valence-corrected chi connectivity index (χ0v) is 16.1. The summed E-state index contributed by atoms with van der Waals surface area (Å²) in [4.78, 5) is 26.1. The van der Waals surface area contributed by atoms with Crippen LogP contribution in [0.2, 0.25) is 0 Å². The molecule has 1 N–H and O–H groups in total. The van der Waals surface area contributed by atoms with Crippen LogP contribution in [0.1, 0.15) is 46.6 Å². The highest BCUT2D eigenvalue weighted by Gasteiger charge is 2.29. The molecule has 0 radical (unpaired) electrons. The first-order chi connectivity index (χ1) is 12.5. The van der Waals surface area contributed by atoms with E-state index in [2.05, 4.69) is 5.32 Å². The van der Waals surface area contributed by atoms with E-state index in [9.17, 15) is 9.59 Å². The maximum atomic E-state index is 12.6. The van der Waals surface area contributed by atoms with Gasteiger partial charge < -0.3 is 14.8 Å². The van der Waals surface area contributed by atoms with E-state index in [-0.39, 0.29) is 11.9 Å². The van der Waals surface area contributed by atoms with Crippen LogP contribution in [-0.2, 0) is 22.4 Å². The number of nitrogens with one attached hydrogen (secondary N) is 1. The van der Waals surface area contributed by atoms with Gasteiger partial charge in [0.05, 0.1) is 12.2 Å². The topological polar surface area (TPSA) is 64.6 Å². The number of carbonyl (C=O) groups excluding carboxylic acids is 2. The molecule has 0 fully saturated rings. The van der Waals surface area contributed by atoms with Gasteiger partial charge in [-0.05, 0) is 63.3 Å². The highest BCUT2D eigenvalue weighted by molar-refractivity contribution is 7.17. The van der Waals surface area contributed by atoms with Crippen molar-refractivity contribution in [3.05, 3.63) is 45.8 Å². The minimum absolute atomic E-state index is 0.281. The minimum atomic E-state index is -0.677. The molecule has 1 aliphatic rings. The summed E-state index contributed by atoms with van der Waals surface area (Å²) < 4.78 is 10.9. The molecule has 1 heterocycles. The lowest BCUT2D eigenvalue weighted by Gasteiger charge is -2.15. The van der Waals surface area contributed by atoms with Crippen LogP contribution >= 0.6 is 11.3 Å². The molecule has 6 heteroatoms. The molecule has 1 atom stereocenters. The van der Waals surface area contributed by atoms with E-state index in [1.165, 1.54) is 11.3 Å². The Kier molecular flexibility index (Phi) is 5.61. The van der Waals surface area contributed by atoms with Gasteiger partial charge in [0.2, 0.25) is 0 Å². The number of anilines is 1. The highest BCUT2D eigenvalue weighted by atomic mass is 32.1. The van der Waals surface area contributed by atoms with Gasteiger partial charge in [0.25, 0.3) is 5.91 Å². The average Bonchev–Trinajstić information content (AvgIpc) is 3.15. The zero-order chi connectivity index (χ0) is 18.7. The van der Waals surface area contributed by atoms with Crippen LogP contribution in [0.25, 0.3) is 0 Å². The number of benzene rings is 1. The molecule has 0 bridgehead atoms. The third-order valence-corrected chi connectivity index (χ3v) is 5.52. The number of aryl methyl sites for hydroxylation is 2.